The molecule has 0 saturated carbocycles. The Morgan fingerprint density at radius 3 is 2.45 bits per heavy atom. The summed E-state index contributed by atoms with van der Waals surface area (Å²) in [6.45, 7) is 3.43. The number of halogens is 3. The second-order valence-electron chi connectivity index (χ2n) is 6.76. The van der Waals surface area contributed by atoms with Crippen LogP contribution in [0.15, 0.2) is 42.7 Å². The zero-order valence-corrected chi connectivity index (χ0v) is 17.3. The minimum absolute atomic E-state index is 0.173. The fraction of sp³-hybridized carbons (Fsp3) is 0.286. The Morgan fingerprint density at radius 1 is 1.13 bits per heavy atom. The molecule has 1 atom stereocenters. The van der Waals surface area contributed by atoms with Crippen LogP contribution >= 0.6 is 0 Å². The Kier molecular flexibility index (Phi) is 6.19. The number of rotatable bonds is 6. The molecule has 0 radical (unpaired) electrons. The van der Waals surface area contributed by atoms with Crippen LogP contribution in [0.4, 0.5) is 13.2 Å². The molecule has 2 heterocycles. The SMILES string of the molecule is COc1ccc(OC)c(C(C)NC(=O)c2cnn(-c3ccc(C(F)(F)F)cn3)c2C)c1. The standard InChI is InChI=1S/C21H21F3N4O3/c1-12(16-9-15(30-3)6-7-18(16)31-4)27-20(29)17-11-26-28(13(17)2)19-8-5-14(10-25-19)21(22,23)24/h5-12H,1-4H3,(H,27,29). The van der Waals surface area contributed by atoms with E-state index < -0.39 is 23.7 Å². The molecule has 164 valence electrons. The van der Waals surface area contributed by atoms with E-state index in [9.17, 15) is 18.0 Å². The maximum Gasteiger partial charge on any atom is 0.417 e. The van der Waals surface area contributed by atoms with Gasteiger partial charge in [-0.05, 0) is 44.2 Å². The highest BCUT2D eigenvalue weighted by atomic mass is 19.4. The number of carbonyl (C=O) groups is 1. The molecule has 7 nitrogen and oxygen atoms in total. The predicted octanol–water partition coefficient (Wildman–Crippen LogP) is 4.10. The summed E-state index contributed by atoms with van der Waals surface area (Å²) in [4.78, 5) is 16.6. The van der Waals surface area contributed by atoms with Gasteiger partial charge in [0.2, 0.25) is 0 Å². The summed E-state index contributed by atoms with van der Waals surface area (Å²) in [5, 5.41) is 6.98. The van der Waals surface area contributed by atoms with E-state index in [2.05, 4.69) is 15.4 Å². The number of nitrogens with zero attached hydrogens (tertiary/aromatic N) is 3. The first-order valence-corrected chi connectivity index (χ1v) is 9.26. The van der Waals surface area contributed by atoms with Crippen LogP contribution in [0.2, 0.25) is 0 Å². The number of carbonyl (C=O) groups excluding carboxylic acids is 1. The van der Waals surface area contributed by atoms with Crippen molar-refractivity contribution < 1.29 is 27.4 Å². The van der Waals surface area contributed by atoms with Crippen molar-refractivity contribution in [1.29, 1.82) is 0 Å². The van der Waals surface area contributed by atoms with E-state index in [-0.39, 0.29) is 11.4 Å². The number of ether oxygens (including phenoxy) is 2. The second-order valence-corrected chi connectivity index (χ2v) is 6.76. The lowest BCUT2D eigenvalue weighted by Crippen LogP contribution is -2.27. The third-order valence-corrected chi connectivity index (χ3v) is 4.80. The molecule has 1 unspecified atom stereocenters. The predicted molar refractivity (Wildman–Crippen MR) is 107 cm³/mol. The van der Waals surface area contributed by atoms with E-state index in [1.165, 1.54) is 24.1 Å². The minimum atomic E-state index is -4.48. The van der Waals surface area contributed by atoms with Gasteiger partial charge >= 0.3 is 6.18 Å². The molecule has 1 amide bonds. The lowest BCUT2D eigenvalue weighted by atomic mass is 10.1. The van der Waals surface area contributed by atoms with Crippen molar-refractivity contribution in [2.45, 2.75) is 26.1 Å². The van der Waals surface area contributed by atoms with Crippen LogP contribution in [-0.2, 0) is 6.18 Å². The number of pyridine rings is 1. The van der Waals surface area contributed by atoms with Gasteiger partial charge in [0.25, 0.3) is 5.91 Å². The van der Waals surface area contributed by atoms with E-state index in [0.717, 1.165) is 17.8 Å². The molecule has 0 fully saturated rings. The third-order valence-electron chi connectivity index (χ3n) is 4.80. The van der Waals surface area contributed by atoms with Gasteiger partial charge in [-0.1, -0.05) is 0 Å². The van der Waals surface area contributed by atoms with E-state index in [0.29, 0.717) is 17.2 Å². The average molecular weight is 434 g/mol. The smallest absolute Gasteiger partial charge is 0.417 e. The molecule has 31 heavy (non-hydrogen) atoms. The minimum Gasteiger partial charge on any atom is -0.497 e. The van der Waals surface area contributed by atoms with Crippen molar-refractivity contribution in [1.82, 2.24) is 20.1 Å². The first-order valence-electron chi connectivity index (χ1n) is 9.26. The van der Waals surface area contributed by atoms with Gasteiger partial charge in [-0.2, -0.15) is 18.3 Å². The van der Waals surface area contributed by atoms with E-state index in [4.69, 9.17) is 9.47 Å². The van der Waals surface area contributed by atoms with Gasteiger partial charge in [0.05, 0.1) is 43.3 Å². The number of methoxy groups -OCH3 is 2. The summed E-state index contributed by atoms with van der Waals surface area (Å²) in [5.74, 6) is 0.990. The zero-order valence-electron chi connectivity index (χ0n) is 17.3. The Labute approximate surface area is 176 Å². The van der Waals surface area contributed by atoms with Crippen molar-refractivity contribution in [3.8, 4) is 17.3 Å². The van der Waals surface area contributed by atoms with E-state index in [1.54, 1.807) is 39.2 Å². The van der Waals surface area contributed by atoms with Crippen molar-refractivity contribution >= 4 is 5.91 Å². The summed E-state index contributed by atoms with van der Waals surface area (Å²) in [7, 11) is 3.08. The molecule has 3 rings (SSSR count). The Balaban J connectivity index is 1.82. The lowest BCUT2D eigenvalue weighted by Gasteiger charge is -2.18. The molecule has 0 saturated heterocycles. The van der Waals surface area contributed by atoms with Crippen molar-refractivity contribution in [2.24, 2.45) is 0 Å². The summed E-state index contributed by atoms with van der Waals surface area (Å²) < 4.78 is 50.1. The Morgan fingerprint density at radius 2 is 1.87 bits per heavy atom. The first-order chi connectivity index (χ1) is 14.7. The molecule has 0 aliphatic carbocycles. The maximum absolute atomic E-state index is 12.8. The fourth-order valence-electron chi connectivity index (χ4n) is 3.07. The molecule has 1 aromatic carbocycles. The lowest BCUT2D eigenvalue weighted by molar-refractivity contribution is -0.137. The van der Waals surface area contributed by atoms with E-state index in [1.807, 2.05) is 0 Å². The van der Waals surface area contributed by atoms with Crippen molar-refractivity contribution in [2.75, 3.05) is 14.2 Å². The van der Waals surface area contributed by atoms with Crippen molar-refractivity contribution in [3.05, 3.63) is 65.1 Å². The van der Waals surface area contributed by atoms with Crippen LogP contribution in [0.5, 0.6) is 11.5 Å². The van der Waals surface area contributed by atoms with Crippen molar-refractivity contribution in [3.63, 3.8) is 0 Å². The molecule has 10 heteroatoms. The highest BCUT2D eigenvalue weighted by molar-refractivity contribution is 5.95. The molecule has 0 bridgehead atoms. The maximum atomic E-state index is 12.8. The number of hydrogen-bond donors (Lipinski definition) is 1. The summed E-state index contributed by atoms with van der Waals surface area (Å²) in [6.07, 6.45) is -2.40. The zero-order chi connectivity index (χ0) is 22.8. The van der Waals surface area contributed by atoms with Crippen LogP contribution < -0.4 is 14.8 Å². The number of aromatic nitrogens is 3. The normalized spacial score (nSPS) is 12.4. The number of alkyl halides is 3. The van der Waals surface area contributed by atoms with Gasteiger partial charge < -0.3 is 14.8 Å². The van der Waals surface area contributed by atoms with Gasteiger partial charge in [0.1, 0.15) is 11.5 Å². The summed E-state index contributed by atoms with van der Waals surface area (Å²) in [6, 6.07) is 6.98. The molecule has 1 N–H and O–H groups in total. The summed E-state index contributed by atoms with van der Waals surface area (Å²) in [5.41, 5.74) is 0.578. The Hall–Kier alpha value is -3.56. The van der Waals surface area contributed by atoms with Gasteiger partial charge in [-0.3, -0.25) is 4.79 Å². The average Bonchev–Trinajstić information content (AvgIpc) is 3.14. The van der Waals surface area contributed by atoms with Gasteiger partial charge in [-0.15, -0.1) is 0 Å². The number of hydrogen-bond acceptors (Lipinski definition) is 5. The first kappa shape index (κ1) is 22.1. The molecule has 0 aliphatic rings. The molecule has 3 aromatic rings. The molecule has 0 spiro atoms. The van der Waals surface area contributed by atoms with Crippen LogP contribution in [-0.4, -0.2) is 34.9 Å². The monoisotopic (exact) mass is 434 g/mol. The van der Waals surface area contributed by atoms with Crippen LogP contribution in [0, 0.1) is 6.92 Å². The van der Waals surface area contributed by atoms with Gasteiger partial charge in [0.15, 0.2) is 5.82 Å². The molecule has 2 aromatic heterocycles. The van der Waals surface area contributed by atoms with Gasteiger partial charge in [0, 0.05) is 11.8 Å². The number of amides is 1. The topological polar surface area (TPSA) is 78.3 Å². The highest BCUT2D eigenvalue weighted by Crippen LogP contribution is 2.30. The van der Waals surface area contributed by atoms with Crippen LogP contribution in [0.1, 0.15) is 40.1 Å². The Bertz CT molecular complexity index is 1080. The largest absolute Gasteiger partial charge is 0.497 e. The summed E-state index contributed by atoms with van der Waals surface area (Å²) >= 11 is 0. The van der Waals surface area contributed by atoms with Crippen LogP contribution in [0.25, 0.3) is 5.82 Å². The fourth-order valence-corrected chi connectivity index (χ4v) is 3.07. The quantitative estimate of drug-likeness (QED) is 0.632. The van der Waals surface area contributed by atoms with E-state index >= 15 is 0 Å². The highest BCUT2D eigenvalue weighted by Gasteiger charge is 2.31. The number of nitrogens with one attached hydrogen (secondary N) is 1. The molecular formula is C21H21F3N4O3. The third kappa shape index (κ3) is 4.62. The molecular weight excluding hydrogens is 413 g/mol. The molecule has 0 aliphatic heterocycles. The van der Waals surface area contributed by atoms with Crippen LogP contribution in [0.3, 0.4) is 0 Å². The van der Waals surface area contributed by atoms with Gasteiger partial charge in [-0.25, -0.2) is 9.67 Å². The second kappa shape index (κ2) is 8.66. The number of benzene rings is 1.